The minimum Gasteiger partial charge on any atom is -0.473 e. The van der Waals surface area contributed by atoms with Crippen molar-refractivity contribution in [2.45, 2.75) is 6.54 Å². The molecule has 3 rings (SSSR count). The molecular weight excluding hydrogens is 403 g/mol. The van der Waals surface area contributed by atoms with Crippen LogP contribution in [-0.2, 0) is 16.1 Å². The zero-order valence-electron chi connectivity index (χ0n) is 15.4. The Morgan fingerprint density at radius 1 is 0.931 bits per heavy atom. The van der Waals surface area contributed by atoms with E-state index in [2.05, 4.69) is 4.90 Å². The summed E-state index contributed by atoms with van der Waals surface area (Å²) in [5, 5.41) is 15.4. The summed E-state index contributed by atoms with van der Waals surface area (Å²) in [6.07, 6.45) is 0. The summed E-state index contributed by atoms with van der Waals surface area (Å²) in [4.78, 5) is 34.8. The molecule has 0 bridgehead atoms. The van der Waals surface area contributed by atoms with Crippen LogP contribution in [0.1, 0.15) is 15.9 Å². The van der Waals surface area contributed by atoms with Gasteiger partial charge in [-0.05, 0) is 35.9 Å². The molecule has 1 aliphatic rings. The van der Waals surface area contributed by atoms with Crippen molar-refractivity contribution in [2.75, 3.05) is 26.2 Å². The highest BCUT2D eigenvalue weighted by Crippen LogP contribution is 2.15. The van der Waals surface area contributed by atoms with Crippen LogP contribution >= 0.6 is 11.6 Å². The van der Waals surface area contributed by atoms with Crippen molar-refractivity contribution in [3.05, 3.63) is 70.5 Å². The number of aliphatic carboxylic acids is 2. The van der Waals surface area contributed by atoms with Crippen molar-refractivity contribution < 1.29 is 29.0 Å². The number of hydrogen-bond donors (Lipinski definition) is 2. The number of hydrogen-bond acceptors (Lipinski definition) is 4. The van der Waals surface area contributed by atoms with Crippen molar-refractivity contribution in [3.63, 3.8) is 0 Å². The normalized spacial score (nSPS) is 13.9. The Morgan fingerprint density at radius 2 is 1.52 bits per heavy atom. The smallest absolute Gasteiger partial charge is 0.414 e. The number of carbonyl (C=O) groups excluding carboxylic acids is 1. The Kier molecular flexibility index (Phi) is 8.11. The maximum absolute atomic E-state index is 12.9. The van der Waals surface area contributed by atoms with Crippen LogP contribution in [0.2, 0.25) is 5.02 Å². The molecule has 2 aromatic carbocycles. The number of amides is 1. The third-order valence-electron chi connectivity index (χ3n) is 4.23. The zero-order valence-corrected chi connectivity index (χ0v) is 16.2. The van der Waals surface area contributed by atoms with Crippen LogP contribution < -0.4 is 0 Å². The van der Waals surface area contributed by atoms with E-state index in [0.717, 1.165) is 25.2 Å². The largest absolute Gasteiger partial charge is 0.473 e. The summed E-state index contributed by atoms with van der Waals surface area (Å²) >= 11 is 5.95. The molecule has 2 N–H and O–H groups in total. The molecule has 2 aromatic rings. The number of nitrogens with zero attached hydrogens (tertiary/aromatic N) is 2. The summed E-state index contributed by atoms with van der Waals surface area (Å²) in [5.74, 6) is -3.84. The molecule has 154 valence electrons. The fourth-order valence-corrected chi connectivity index (χ4v) is 2.95. The van der Waals surface area contributed by atoms with Gasteiger partial charge in [0.05, 0.1) is 0 Å². The van der Waals surface area contributed by atoms with E-state index >= 15 is 0 Å². The van der Waals surface area contributed by atoms with Gasteiger partial charge in [0.2, 0.25) is 0 Å². The molecule has 29 heavy (non-hydrogen) atoms. The second-order valence-electron chi connectivity index (χ2n) is 6.32. The number of rotatable bonds is 3. The highest BCUT2D eigenvalue weighted by molar-refractivity contribution is 6.31. The molecule has 0 atom stereocenters. The van der Waals surface area contributed by atoms with E-state index in [9.17, 15) is 9.18 Å². The van der Waals surface area contributed by atoms with Crippen molar-refractivity contribution >= 4 is 29.4 Å². The van der Waals surface area contributed by atoms with E-state index < -0.39 is 11.9 Å². The van der Waals surface area contributed by atoms with Crippen molar-refractivity contribution in [2.24, 2.45) is 0 Å². The first-order valence-corrected chi connectivity index (χ1v) is 9.12. The lowest BCUT2D eigenvalue weighted by Crippen LogP contribution is -2.48. The van der Waals surface area contributed by atoms with E-state index in [1.54, 1.807) is 36.4 Å². The number of halogens is 2. The molecule has 0 aromatic heterocycles. The number of carbonyl (C=O) groups is 3. The molecular formula is C20H20ClFN2O5. The first-order chi connectivity index (χ1) is 13.8. The molecule has 0 saturated carbocycles. The van der Waals surface area contributed by atoms with Gasteiger partial charge in [-0.15, -0.1) is 0 Å². The topological polar surface area (TPSA) is 98.1 Å². The van der Waals surface area contributed by atoms with Gasteiger partial charge in [-0.2, -0.15) is 0 Å². The average molecular weight is 423 g/mol. The Hall–Kier alpha value is -2.97. The van der Waals surface area contributed by atoms with Gasteiger partial charge in [-0.25, -0.2) is 14.0 Å². The summed E-state index contributed by atoms with van der Waals surface area (Å²) in [6, 6.07) is 13.6. The molecule has 0 aliphatic carbocycles. The molecule has 1 aliphatic heterocycles. The van der Waals surface area contributed by atoms with E-state index in [0.29, 0.717) is 23.7 Å². The molecule has 1 saturated heterocycles. The molecule has 0 spiro atoms. The molecule has 1 heterocycles. The van der Waals surface area contributed by atoms with E-state index in [-0.39, 0.29) is 11.7 Å². The Balaban J connectivity index is 0.000000438. The average Bonchev–Trinajstić information content (AvgIpc) is 2.70. The SMILES string of the molecule is O=C(O)C(=O)O.O=C(c1cccc(Cl)c1)N1CCN(Cc2ccc(F)cc2)CC1. The Bertz CT molecular complexity index is 855. The van der Waals surface area contributed by atoms with Gasteiger partial charge in [-0.3, -0.25) is 9.69 Å². The third-order valence-corrected chi connectivity index (χ3v) is 4.47. The van der Waals surface area contributed by atoms with Gasteiger partial charge >= 0.3 is 11.9 Å². The lowest BCUT2D eigenvalue weighted by Gasteiger charge is -2.34. The minimum absolute atomic E-state index is 0.0222. The van der Waals surface area contributed by atoms with E-state index in [1.165, 1.54) is 12.1 Å². The van der Waals surface area contributed by atoms with Crippen LogP contribution in [0.3, 0.4) is 0 Å². The molecule has 0 unspecified atom stereocenters. The monoisotopic (exact) mass is 422 g/mol. The standard InChI is InChI=1S/C18H18ClFN2O.C2H2O4/c19-16-3-1-2-15(12-16)18(23)22-10-8-21(9-11-22)13-14-4-6-17(20)7-5-14;3-1(4)2(5)6/h1-7,12H,8-11,13H2;(H,3,4)(H,5,6). The maximum Gasteiger partial charge on any atom is 0.414 e. The number of carboxylic acid groups (broad SMARTS) is 2. The van der Waals surface area contributed by atoms with E-state index in [4.69, 9.17) is 31.4 Å². The summed E-state index contributed by atoms with van der Waals surface area (Å²) in [5.41, 5.74) is 1.71. The maximum atomic E-state index is 12.9. The lowest BCUT2D eigenvalue weighted by molar-refractivity contribution is -0.159. The van der Waals surface area contributed by atoms with Gasteiger partial charge in [0.15, 0.2) is 0 Å². The third kappa shape index (κ3) is 7.17. The predicted molar refractivity (Wildman–Crippen MR) is 104 cm³/mol. The van der Waals surface area contributed by atoms with Crippen LogP contribution in [0.4, 0.5) is 4.39 Å². The predicted octanol–water partition coefficient (Wildman–Crippen LogP) is 2.59. The van der Waals surface area contributed by atoms with Crippen molar-refractivity contribution in [1.29, 1.82) is 0 Å². The quantitative estimate of drug-likeness (QED) is 0.738. The molecule has 0 radical (unpaired) electrons. The Morgan fingerprint density at radius 3 is 2.03 bits per heavy atom. The number of piperazine rings is 1. The number of benzene rings is 2. The van der Waals surface area contributed by atoms with Crippen LogP contribution in [0.15, 0.2) is 48.5 Å². The van der Waals surface area contributed by atoms with Crippen molar-refractivity contribution in [3.8, 4) is 0 Å². The molecule has 1 amide bonds. The van der Waals surface area contributed by atoms with E-state index in [1.807, 2.05) is 4.90 Å². The highest BCUT2D eigenvalue weighted by Gasteiger charge is 2.22. The number of carboxylic acids is 2. The second-order valence-corrected chi connectivity index (χ2v) is 6.75. The minimum atomic E-state index is -1.82. The molecule has 1 fully saturated rings. The lowest BCUT2D eigenvalue weighted by atomic mass is 10.1. The summed E-state index contributed by atoms with van der Waals surface area (Å²) in [6.45, 7) is 3.77. The molecule has 9 heteroatoms. The van der Waals surface area contributed by atoms with Gasteiger partial charge in [0.25, 0.3) is 5.91 Å². The van der Waals surface area contributed by atoms with Crippen LogP contribution in [-0.4, -0.2) is 64.0 Å². The van der Waals surface area contributed by atoms with Gasteiger partial charge < -0.3 is 15.1 Å². The van der Waals surface area contributed by atoms with Crippen molar-refractivity contribution in [1.82, 2.24) is 9.80 Å². The summed E-state index contributed by atoms with van der Waals surface area (Å²) < 4.78 is 12.9. The zero-order chi connectivity index (χ0) is 21.4. The van der Waals surface area contributed by atoms with Gasteiger partial charge in [-0.1, -0.05) is 29.8 Å². The van der Waals surface area contributed by atoms with Crippen LogP contribution in [0.5, 0.6) is 0 Å². The fraction of sp³-hybridized carbons (Fsp3) is 0.250. The first-order valence-electron chi connectivity index (χ1n) is 8.74. The van der Waals surface area contributed by atoms with Gasteiger partial charge in [0, 0.05) is 43.3 Å². The van der Waals surface area contributed by atoms with Gasteiger partial charge in [0.1, 0.15) is 5.82 Å². The fourth-order valence-electron chi connectivity index (χ4n) is 2.76. The second kappa shape index (κ2) is 10.5. The first kappa shape index (κ1) is 22.3. The van der Waals surface area contributed by atoms with Crippen LogP contribution in [0.25, 0.3) is 0 Å². The Labute approximate surface area is 171 Å². The highest BCUT2D eigenvalue weighted by atomic mass is 35.5. The summed E-state index contributed by atoms with van der Waals surface area (Å²) in [7, 11) is 0. The molecule has 7 nitrogen and oxygen atoms in total. The van der Waals surface area contributed by atoms with Crippen LogP contribution in [0, 0.1) is 5.82 Å².